The largest absolute Gasteiger partial charge is 0.507 e. The quantitative estimate of drug-likeness (QED) is 0.362. The summed E-state index contributed by atoms with van der Waals surface area (Å²) in [6.07, 6.45) is 2.26. The predicted octanol–water partition coefficient (Wildman–Crippen LogP) is 5.00. The van der Waals surface area contributed by atoms with E-state index in [1.165, 1.54) is 6.21 Å². The van der Waals surface area contributed by atoms with Crippen LogP contribution in [-0.4, -0.2) is 17.2 Å². The van der Waals surface area contributed by atoms with E-state index in [2.05, 4.69) is 34.8 Å². The average Bonchev–Trinajstić information content (AvgIpc) is 3.59. The third-order valence-electron chi connectivity index (χ3n) is 6.17. The highest BCUT2D eigenvalue weighted by Crippen LogP contribution is 2.58. The fourth-order valence-corrected chi connectivity index (χ4v) is 4.51. The number of hydrazone groups is 1. The lowest BCUT2D eigenvalue weighted by Crippen LogP contribution is -2.25. The van der Waals surface area contributed by atoms with Gasteiger partial charge in [-0.2, -0.15) is 5.10 Å². The molecule has 1 atom stereocenters. The number of fused-ring (bicyclic) bond motifs is 1. The molecule has 0 aromatic heterocycles. The summed E-state index contributed by atoms with van der Waals surface area (Å²) in [5, 5.41) is 16.3. The molecular weight excluding hydrogens is 384 g/mol. The molecule has 152 valence electrons. The third-order valence-corrected chi connectivity index (χ3v) is 6.17. The first kappa shape index (κ1) is 19.1. The van der Waals surface area contributed by atoms with Gasteiger partial charge >= 0.3 is 0 Å². The van der Waals surface area contributed by atoms with Gasteiger partial charge in [-0.1, -0.05) is 91.0 Å². The zero-order valence-corrected chi connectivity index (χ0v) is 16.9. The van der Waals surface area contributed by atoms with Crippen LogP contribution in [0.3, 0.4) is 0 Å². The number of phenols is 1. The Balaban J connectivity index is 1.40. The topological polar surface area (TPSA) is 61.7 Å². The molecule has 1 saturated carbocycles. The molecule has 0 aliphatic heterocycles. The van der Waals surface area contributed by atoms with E-state index in [9.17, 15) is 9.90 Å². The highest BCUT2D eigenvalue weighted by molar-refractivity contribution is 6.02. The summed E-state index contributed by atoms with van der Waals surface area (Å²) in [4.78, 5) is 13.0. The molecule has 0 radical (unpaired) electrons. The maximum Gasteiger partial charge on any atom is 0.244 e. The summed E-state index contributed by atoms with van der Waals surface area (Å²) >= 11 is 0. The van der Waals surface area contributed by atoms with Crippen LogP contribution in [0.2, 0.25) is 0 Å². The molecule has 4 heteroatoms. The van der Waals surface area contributed by atoms with Crippen molar-refractivity contribution in [1.82, 2.24) is 5.43 Å². The van der Waals surface area contributed by atoms with Crippen molar-refractivity contribution >= 4 is 22.9 Å². The average molecular weight is 406 g/mol. The van der Waals surface area contributed by atoms with Gasteiger partial charge in [-0.25, -0.2) is 5.43 Å². The van der Waals surface area contributed by atoms with Crippen LogP contribution in [0.25, 0.3) is 10.8 Å². The standard InChI is InChI=1S/C27H22N2O2/c30-25-16-15-19-9-7-8-14-22(19)23(25)18-28-29-26(31)24-17-27(24,20-10-3-1-4-11-20)21-12-5-2-6-13-21/h1-16,18,24,30H,17H2,(H,29,31)/b28-18-/t24-/m1/s1. The van der Waals surface area contributed by atoms with Gasteiger partial charge in [-0.15, -0.1) is 0 Å². The Kier molecular flexibility index (Phi) is 4.75. The summed E-state index contributed by atoms with van der Waals surface area (Å²) in [7, 11) is 0. The van der Waals surface area contributed by atoms with Crippen LogP contribution in [0.1, 0.15) is 23.1 Å². The van der Waals surface area contributed by atoms with Crippen molar-refractivity contribution in [3.63, 3.8) is 0 Å². The normalized spacial score (nSPS) is 17.0. The minimum atomic E-state index is -0.330. The number of carbonyl (C=O) groups is 1. The number of hydrogen-bond donors (Lipinski definition) is 2. The molecule has 1 aliphatic rings. The number of hydrogen-bond acceptors (Lipinski definition) is 3. The molecule has 4 aromatic carbocycles. The SMILES string of the molecule is O=C(N/N=C\c1c(O)ccc2ccccc12)[C@H]1CC1(c1ccccc1)c1ccccc1. The van der Waals surface area contributed by atoms with Crippen molar-refractivity contribution in [3.8, 4) is 5.75 Å². The lowest BCUT2D eigenvalue weighted by atomic mass is 9.85. The molecule has 0 spiro atoms. The van der Waals surface area contributed by atoms with Crippen LogP contribution in [0.4, 0.5) is 0 Å². The first-order valence-corrected chi connectivity index (χ1v) is 10.3. The predicted molar refractivity (Wildman–Crippen MR) is 123 cm³/mol. The maximum atomic E-state index is 13.0. The van der Waals surface area contributed by atoms with E-state index in [-0.39, 0.29) is 23.0 Å². The second-order valence-corrected chi connectivity index (χ2v) is 7.91. The van der Waals surface area contributed by atoms with Crippen LogP contribution in [0, 0.1) is 5.92 Å². The Labute approximate surface area is 180 Å². The number of benzene rings is 4. The number of nitrogens with one attached hydrogen (secondary N) is 1. The van der Waals surface area contributed by atoms with Gasteiger partial charge in [0.15, 0.2) is 0 Å². The third kappa shape index (κ3) is 3.36. The van der Waals surface area contributed by atoms with Crippen molar-refractivity contribution in [2.45, 2.75) is 11.8 Å². The number of carbonyl (C=O) groups excluding carboxylic acids is 1. The summed E-state index contributed by atoms with van der Waals surface area (Å²) in [6, 6.07) is 31.6. The molecule has 31 heavy (non-hydrogen) atoms. The Morgan fingerprint density at radius 1 is 0.871 bits per heavy atom. The summed E-state index contributed by atoms with van der Waals surface area (Å²) < 4.78 is 0. The Bertz CT molecular complexity index is 1230. The number of aromatic hydroxyl groups is 1. The second kappa shape index (κ2) is 7.73. The lowest BCUT2D eigenvalue weighted by molar-refractivity contribution is -0.122. The monoisotopic (exact) mass is 406 g/mol. The zero-order valence-electron chi connectivity index (χ0n) is 16.9. The molecule has 2 N–H and O–H groups in total. The molecule has 5 rings (SSSR count). The number of nitrogens with zero attached hydrogens (tertiary/aromatic N) is 1. The Hall–Kier alpha value is -3.92. The number of rotatable bonds is 5. The molecule has 1 fully saturated rings. The molecule has 0 bridgehead atoms. The van der Waals surface area contributed by atoms with Gasteiger partial charge in [-0.05, 0) is 34.4 Å². The Morgan fingerprint density at radius 2 is 1.48 bits per heavy atom. The van der Waals surface area contributed by atoms with Crippen LogP contribution in [0.5, 0.6) is 5.75 Å². The van der Waals surface area contributed by atoms with Crippen LogP contribution < -0.4 is 5.43 Å². The summed E-state index contributed by atoms with van der Waals surface area (Å²) in [5.41, 5.74) is 5.23. The van der Waals surface area contributed by atoms with Crippen molar-refractivity contribution in [2.75, 3.05) is 0 Å². The molecule has 0 heterocycles. The van der Waals surface area contributed by atoms with E-state index in [1.807, 2.05) is 66.7 Å². The van der Waals surface area contributed by atoms with Crippen molar-refractivity contribution in [3.05, 3.63) is 114 Å². The van der Waals surface area contributed by atoms with E-state index < -0.39 is 0 Å². The van der Waals surface area contributed by atoms with Crippen molar-refractivity contribution in [1.29, 1.82) is 0 Å². The number of phenolic OH excluding ortho intramolecular Hbond substituents is 1. The maximum absolute atomic E-state index is 13.0. The van der Waals surface area contributed by atoms with Gasteiger partial charge in [0.05, 0.1) is 12.1 Å². The molecule has 1 aliphatic carbocycles. The van der Waals surface area contributed by atoms with E-state index in [0.29, 0.717) is 5.56 Å². The first-order chi connectivity index (χ1) is 15.2. The van der Waals surface area contributed by atoms with Crippen LogP contribution >= 0.6 is 0 Å². The van der Waals surface area contributed by atoms with Crippen molar-refractivity contribution < 1.29 is 9.90 Å². The van der Waals surface area contributed by atoms with Gasteiger partial charge < -0.3 is 5.11 Å². The van der Waals surface area contributed by atoms with E-state index in [0.717, 1.165) is 28.3 Å². The lowest BCUT2D eigenvalue weighted by Gasteiger charge is -2.18. The fourth-order valence-electron chi connectivity index (χ4n) is 4.51. The van der Waals surface area contributed by atoms with Gasteiger partial charge in [0, 0.05) is 11.0 Å². The fraction of sp³-hybridized carbons (Fsp3) is 0.111. The van der Waals surface area contributed by atoms with Gasteiger partial charge in [-0.3, -0.25) is 4.79 Å². The first-order valence-electron chi connectivity index (χ1n) is 10.3. The highest BCUT2D eigenvalue weighted by atomic mass is 16.3. The molecular formula is C27H22N2O2. The minimum absolute atomic E-state index is 0.122. The minimum Gasteiger partial charge on any atom is -0.507 e. The molecule has 1 amide bonds. The van der Waals surface area contributed by atoms with Gasteiger partial charge in [0.25, 0.3) is 0 Å². The van der Waals surface area contributed by atoms with Gasteiger partial charge in [0.1, 0.15) is 5.75 Å². The summed E-state index contributed by atoms with van der Waals surface area (Å²) in [5.74, 6) is -0.190. The van der Waals surface area contributed by atoms with Crippen LogP contribution in [-0.2, 0) is 10.2 Å². The second-order valence-electron chi connectivity index (χ2n) is 7.91. The number of amides is 1. The smallest absolute Gasteiger partial charge is 0.244 e. The van der Waals surface area contributed by atoms with E-state index in [4.69, 9.17) is 0 Å². The van der Waals surface area contributed by atoms with E-state index >= 15 is 0 Å². The van der Waals surface area contributed by atoms with Crippen molar-refractivity contribution in [2.24, 2.45) is 11.0 Å². The molecule has 0 unspecified atom stereocenters. The molecule has 0 saturated heterocycles. The Morgan fingerprint density at radius 3 is 2.16 bits per heavy atom. The summed E-state index contributed by atoms with van der Waals surface area (Å²) in [6.45, 7) is 0. The highest BCUT2D eigenvalue weighted by Gasteiger charge is 2.60. The molecule has 4 nitrogen and oxygen atoms in total. The molecule has 4 aromatic rings. The van der Waals surface area contributed by atoms with Crippen LogP contribution in [0.15, 0.2) is 102 Å². The zero-order chi connectivity index (χ0) is 21.3. The van der Waals surface area contributed by atoms with E-state index in [1.54, 1.807) is 6.07 Å². The van der Waals surface area contributed by atoms with Gasteiger partial charge in [0.2, 0.25) is 5.91 Å².